The lowest BCUT2D eigenvalue weighted by atomic mass is 10.1. The van der Waals surface area contributed by atoms with E-state index in [1.807, 2.05) is 67.8 Å². The van der Waals surface area contributed by atoms with Gasteiger partial charge in [0.15, 0.2) is 0 Å². The molecular formula is C23H21N3OS. The fraction of sp³-hybridized carbons (Fsp3) is 0.130. The van der Waals surface area contributed by atoms with Crippen LogP contribution in [0.25, 0.3) is 16.3 Å². The van der Waals surface area contributed by atoms with Gasteiger partial charge in [0, 0.05) is 6.54 Å². The molecule has 0 fully saturated rings. The summed E-state index contributed by atoms with van der Waals surface area (Å²) in [5.41, 5.74) is 5.53. The summed E-state index contributed by atoms with van der Waals surface area (Å²) in [6.07, 6.45) is 0. The number of benzene rings is 2. The van der Waals surface area contributed by atoms with Crippen LogP contribution in [0.3, 0.4) is 0 Å². The Morgan fingerprint density at radius 3 is 2.61 bits per heavy atom. The number of hydrogen-bond acceptors (Lipinski definition) is 3. The molecule has 0 aliphatic carbocycles. The van der Waals surface area contributed by atoms with Crippen LogP contribution in [0.2, 0.25) is 0 Å². The summed E-state index contributed by atoms with van der Waals surface area (Å²) in [5, 5.41) is 9.80. The second kappa shape index (κ2) is 7.82. The van der Waals surface area contributed by atoms with Gasteiger partial charge in [-0.1, -0.05) is 48.5 Å². The minimum absolute atomic E-state index is 0.139. The van der Waals surface area contributed by atoms with Crippen LogP contribution in [0.5, 0.6) is 0 Å². The molecule has 0 bridgehead atoms. The van der Waals surface area contributed by atoms with Crippen molar-refractivity contribution in [1.82, 2.24) is 15.1 Å². The summed E-state index contributed by atoms with van der Waals surface area (Å²) in [6.45, 7) is 4.56. The second-order valence-electron chi connectivity index (χ2n) is 6.76. The SMILES string of the molecule is Cc1ccc(C)c(-n2nc(-c3cccs3)cc2C(=O)NCc2ccccc2)c1. The van der Waals surface area contributed by atoms with E-state index in [2.05, 4.69) is 23.5 Å². The minimum atomic E-state index is -0.139. The first-order chi connectivity index (χ1) is 13.6. The highest BCUT2D eigenvalue weighted by atomic mass is 32.1. The number of nitrogens with zero attached hydrogens (tertiary/aromatic N) is 2. The highest BCUT2D eigenvalue weighted by Gasteiger charge is 2.19. The van der Waals surface area contributed by atoms with E-state index < -0.39 is 0 Å². The van der Waals surface area contributed by atoms with Crippen LogP contribution >= 0.6 is 11.3 Å². The Labute approximate surface area is 168 Å². The molecule has 0 saturated heterocycles. The van der Waals surface area contributed by atoms with Crippen molar-refractivity contribution < 1.29 is 4.79 Å². The molecule has 0 unspecified atom stereocenters. The first kappa shape index (κ1) is 18.2. The fourth-order valence-corrected chi connectivity index (χ4v) is 3.77. The fourth-order valence-electron chi connectivity index (χ4n) is 3.09. The molecule has 0 radical (unpaired) electrons. The van der Waals surface area contributed by atoms with Crippen LogP contribution in [-0.4, -0.2) is 15.7 Å². The zero-order valence-electron chi connectivity index (χ0n) is 15.8. The van der Waals surface area contributed by atoms with Crippen molar-refractivity contribution in [2.45, 2.75) is 20.4 Å². The van der Waals surface area contributed by atoms with Crippen molar-refractivity contribution in [3.63, 3.8) is 0 Å². The lowest BCUT2D eigenvalue weighted by Gasteiger charge is -2.11. The van der Waals surface area contributed by atoms with Gasteiger partial charge in [0.05, 0.1) is 10.6 Å². The molecular weight excluding hydrogens is 366 g/mol. The molecule has 0 atom stereocenters. The van der Waals surface area contributed by atoms with Gasteiger partial charge in [0.25, 0.3) is 5.91 Å². The summed E-state index contributed by atoms with van der Waals surface area (Å²) >= 11 is 1.61. The molecule has 0 aliphatic rings. The highest BCUT2D eigenvalue weighted by Crippen LogP contribution is 2.27. The lowest BCUT2D eigenvalue weighted by Crippen LogP contribution is -2.25. The van der Waals surface area contributed by atoms with Gasteiger partial charge < -0.3 is 5.32 Å². The molecule has 2 heterocycles. The van der Waals surface area contributed by atoms with Crippen molar-refractivity contribution in [2.24, 2.45) is 0 Å². The Balaban J connectivity index is 1.72. The van der Waals surface area contributed by atoms with E-state index in [0.29, 0.717) is 12.2 Å². The number of rotatable bonds is 5. The molecule has 0 aliphatic heterocycles. The zero-order valence-corrected chi connectivity index (χ0v) is 16.7. The predicted molar refractivity (Wildman–Crippen MR) is 114 cm³/mol. The van der Waals surface area contributed by atoms with Gasteiger partial charge in [0.2, 0.25) is 0 Å². The number of aryl methyl sites for hydroxylation is 2. The van der Waals surface area contributed by atoms with Crippen LogP contribution < -0.4 is 5.32 Å². The van der Waals surface area contributed by atoms with E-state index in [1.165, 1.54) is 0 Å². The zero-order chi connectivity index (χ0) is 19.5. The largest absolute Gasteiger partial charge is 0.347 e. The van der Waals surface area contributed by atoms with Gasteiger partial charge in [-0.2, -0.15) is 5.10 Å². The minimum Gasteiger partial charge on any atom is -0.347 e. The van der Waals surface area contributed by atoms with Gasteiger partial charge in [-0.15, -0.1) is 11.3 Å². The third-order valence-electron chi connectivity index (χ3n) is 4.60. The van der Waals surface area contributed by atoms with Gasteiger partial charge >= 0.3 is 0 Å². The van der Waals surface area contributed by atoms with Crippen molar-refractivity contribution in [3.05, 3.63) is 94.5 Å². The van der Waals surface area contributed by atoms with Crippen molar-refractivity contribution in [3.8, 4) is 16.3 Å². The monoisotopic (exact) mass is 387 g/mol. The molecule has 4 rings (SSSR count). The Kier molecular flexibility index (Phi) is 5.08. The Bertz CT molecular complexity index is 1100. The molecule has 2 aromatic carbocycles. The summed E-state index contributed by atoms with van der Waals surface area (Å²) < 4.78 is 1.76. The average Bonchev–Trinajstić information content (AvgIpc) is 3.38. The maximum absolute atomic E-state index is 13.0. The second-order valence-corrected chi connectivity index (χ2v) is 7.71. The highest BCUT2D eigenvalue weighted by molar-refractivity contribution is 7.13. The first-order valence-corrected chi connectivity index (χ1v) is 10.0. The number of aromatic nitrogens is 2. The van der Waals surface area contributed by atoms with Crippen molar-refractivity contribution in [2.75, 3.05) is 0 Å². The van der Waals surface area contributed by atoms with E-state index in [1.54, 1.807) is 16.0 Å². The Morgan fingerprint density at radius 2 is 1.86 bits per heavy atom. The summed E-state index contributed by atoms with van der Waals surface area (Å²) in [4.78, 5) is 14.1. The number of hydrogen-bond donors (Lipinski definition) is 1. The molecule has 4 aromatic rings. The number of carbonyl (C=O) groups excluding carboxylic acids is 1. The van der Waals surface area contributed by atoms with Crippen LogP contribution in [0.4, 0.5) is 0 Å². The van der Waals surface area contributed by atoms with Gasteiger partial charge in [-0.3, -0.25) is 4.79 Å². The van der Waals surface area contributed by atoms with Gasteiger partial charge in [-0.25, -0.2) is 4.68 Å². The molecule has 1 amide bonds. The summed E-state index contributed by atoms with van der Waals surface area (Å²) in [7, 11) is 0. The molecule has 0 spiro atoms. The maximum atomic E-state index is 13.0. The lowest BCUT2D eigenvalue weighted by molar-refractivity contribution is 0.0943. The maximum Gasteiger partial charge on any atom is 0.270 e. The molecule has 0 saturated carbocycles. The molecule has 4 nitrogen and oxygen atoms in total. The molecule has 5 heteroatoms. The summed E-state index contributed by atoms with van der Waals surface area (Å²) in [6, 6.07) is 22.0. The number of thiophene rings is 1. The smallest absolute Gasteiger partial charge is 0.270 e. The van der Waals surface area contributed by atoms with Gasteiger partial charge in [-0.05, 0) is 54.1 Å². The Hall–Kier alpha value is -3.18. The topological polar surface area (TPSA) is 46.9 Å². The predicted octanol–water partition coefficient (Wildman–Crippen LogP) is 5.15. The van der Waals surface area contributed by atoms with E-state index in [-0.39, 0.29) is 5.91 Å². The normalized spacial score (nSPS) is 10.8. The first-order valence-electron chi connectivity index (χ1n) is 9.15. The van der Waals surface area contributed by atoms with Crippen molar-refractivity contribution in [1.29, 1.82) is 0 Å². The third-order valence-corrected chi connectivity index (χ3v) is 5.50. The van der Waals surface area contributed by atoms with Crippen LogP contribution in [0.15, 0.2) is 72.1 Å². The number of carbonyl (C=O) groups is 1. The summed E-state index contributed by atoms with van der Waals surface area (Å²) in [5.74, 6) is -0.139. The molecule has 140 valence electrons. The molecule has 1 N–H and O–H groups in total. The van der Waals surface area contributed by atoms with Crippen LogP contribution in [-0.2, 0) is 6.54 Å². The van der Waals surface area contributed by atoms with E-state index in [4.69, 9.17) is 5.10 Å². The van der Waals surface area contributed by atoms with Crippen molar-refractivity contribution >= 4 is 17.2 Å². The van der Waals surface area contributed by atoms with Gasteiger partial charge in [0.1, 0.15) is 11.4 Å². The van der Waals surface area contributed by atoms with E-state index in [0.717, 1.165) is 32.9 Å². The average molecular weight is 388 g/mol. The number of nitrogens with one attached hydrogen (secondary N) is 1. The van der Waals surface area contributed by atoms with Crippen LogP contribution in [0.1, 0.15) is 27.2 Å². The third kappa shape index (κ3) is 3.75. The molecule has 2 aromatic heterocycles. The van der Waals surface area contributed by atoms with E-state index in [9.17, 15) is 4.79 Å². The van der Waals surface area contributed by atoms with Crippen LogP contribution in [0, 0.1) is 13.8 Å². The molecule has 28 heavy (non-hydrogen) atoms. The number of amides is 1. The van der Waals surface area contributed by atoms with E-state index >= 15 is 0 Å². The quantitative estimate of drug-likeness (QED) is 0.515. The standard InChI is InChI=1S/C23H21N3OS/c1-16-10-11-17(2)20(13-16)26-21(14-19(25-26)22-9-6-12-28-22)23(27)24-15-18-7-4-3-5-8-18/h3-14H,15H2,1-2H3,(H,24,27). The Morgan fingerprint density at radius 1 is 1.04 bits per heavy atom.